The van der Waals surface area contributed by atoms with Crippen LogP contribution in [-0.4, -0.2) is 17.4 Å². The number of hydrogen-bond acceptors (Lipinski definition) is 2. The lowest BCUT2D eigenvalue weighted by atomic mass is 9.97. The zero-order valence-electron chi connectivity index (χ0n) is 12.3. The summed E-state index contributed by atoms with van der Waals surface area (Å²) in [7, 11) is 0. The summed E-state index contributed by atoms with van der Waals surface area (Å²) in [6.45, 7) is 3.58. The summed E-state index contributed by atoms with van der Waals surface area (Å²) >= 11 is 0. The van der Waals surface area contributed by atoms with E-state index in [1.807, 2.05) is 24.0 Å². The van der Waals surface area contributed by atoms with Crippen LogP contribution in [0.3, 0.4) is 0 Å². The van der Waals surface area contributed by atoms with Crippen LogP contribution in [0, 0.1) is 5.92 Å². The first-order valence-corrected chi connectivity index (χ1v) is 7.35. The highest BCUT2D eigenvalue weighted by atomic mass is 16.2. The molecule has 1 aliphatic heterocycles. The lowest BCUT2D eigenvalue weighted by Crippen LogP contribution is -2.36. The van der Waals surface area contributed by atoms with Crippen molar-refractivity contribution < 1.29 is 4.79 Å². The van der Waals surface area contributed by atoms with Crippen molar-refractivity contribution in [3.63, 3.8) is 0 Å². The maximum absolute atomic E-state index is 12.5. The predicted molar refractivity (Wildman–Crippen MR) is 84.4 cm³/mol. The average Bonchev–Trinajstić information content (AvgIpc) is 2.70. The molecule has 1 atom stereocenters. The zero-order valence-corrected chi connectivity index (χ0v) is 12.3. The van der Waals surface area contributed by atoms with Crippen molar-refractivity contribution in [1.82, 2.24) is 4.90 Å². The molecule has 1 amide bonds. The normalized spacial score (nSPS) is 14.9. The third-order valence-corrected chi connectivity index (χ3v) is 4.13. The number of rotatable bonds is 2. The van der Waals surface area contributed by atoms with E-state index < -0.39 is 0 Å². The Balaban J connectivity index is 2.07. The molecule has 1 unspecified atom stereocenters. The summed E-state index contributed by atoms with van der Waals surface area (Å²) < 4.78 is 0. The predicted octanol–water partition coefficient (Wildman–Crippen LogP) is 2.79. The Hall–Kier alpha value is -2.13. The molecule has 0 radical (unpaired) electrons. The minimum absolute atomic E-state index is 0.129. The molecule has 2 aromatic carbocycles. The molecule has 0 aliphatic carbocycles. The number of hydrogen-bond donors (Lipinski definition) is 1. The highest BCUT2D eigenvalue weighted by molar-refractivity contribution is 5.81. The van der Waals surface area contributed by atoms with Gasteiger partial charge in [-0.15, -0.1) is 0 Å². The lowest BCUT2D eigenvalue weighted by Gasteiger charge is -2.24. The summed E-state index contributed by atoms with van der Waals surface area (Å²) in [5.74, 6) is -0.00793. The van der Waals surface area contributed by atoms with Crippen LogP contribution in [0.4, 0.5) is 0 Å². The molecule has 0 aromatic heterocycles. The topological polar surface area (TPSA) is 46.3 Å². The van der Waals surface area contributed by atoms with Gasteiger partial charge in [-0.1, -0.05) is 55.5 Å². The van der Waals surface area contributed by atoms with E-state index in [1.165, 1.54) is 22.3 Å². The molecule has 0 bridgehead atoms. The van der Waals surface area contributed by atoms with E-state index in [4.69, 9.17) is 5.73 Å². The molecule has 108 valence electrons. The van der Waals surface area contributed by atoms with Gasteiger partial charge in [-0.3, -0.25) is 4.79 Å². The molecule has 0 spiro atoms. The van der Waals surface area contributed by atoms with Gasteiger partial charge in [0.25, 0.3) is 0 Å². The smallest absolute Gasteiger partial charge is 0.227 e. The average molecular weight is 280 g/mol. The van der Waals surface area contributed by atoms with Crippen LogP contribution in [0.25, 0.3) is 11.1 Å². The molecule has 1 heterocycles. The maximum Gasteiger partial charge on any atom is 0.227 e. The minimum Gasteiger partial charge on any atom is -0.334 e. The molecule has 3 rings (SSSR count). The molecule has 0 saturated carbocycles. The Kier molecular flexibility index (Phi) is 3.76. The van der Waals surface area contributed by atoms with E-state index in [9.17, 15) is 4.79 Å². The second-order valence-corrected chi connectivity index (χ2v) is 5.65. The summed E-state index contributed by atoms with van der Waals surface area (Å²) in [5, 5.41) is 0. The fourth-order valence-corrected chi connectivity index (χ4v) is 2.88. The van der Waals surface area contributed by atoms with Crippen LogP contribution < -0.4 is 5.73 Å². The van der Waals surface area contributed by atoms with Gasteiger partial charge in [0.05, 0.1) is 0 Å². The Labute approximate surface area is 125 Å². The second-order valence-electron chi connectivity index (χ2n) is 5.65. The monoisotopic (exact) mass is 280 g/mol. The molecular weight excluding hydrogens is 260 g/mol. The molecule has 1 aliphatic rings. The Morgan fingerprint density at radius 3 is 2.00 bits per heavy atom. The third kappa shape index (κ3) is 2.57. The number of carbonyl (C=O) groups excluding carboxylic acids is 1. The first-order valence-electron chi connectivity index (χ1n) is 7.35. The highest BCUT2D eigenvalue weighted by Gasteiger charge is 2.24. The number of amides is 1. The van der Waals surface area contributed by atoms with Gasteiger partial charge in [0.1, 0.15) is 0 Å². The van der Waals surface area contributed by atoms with Crippen LogP contribution in [-0.2, 0) is 17.9 Å². The Bertz CT molecular complexity index is 618. The minimum atomic E-state index is -0.137. The summed E-state index contributed by atoms with van der Waals surface area (Å²) in [6.07, 6.45) is 0. The second kappa shape index (κ2) is 5.70. The van der Waals surface area contributed by atoms with E-state index in [2.05, 4.69) is 36.4 Å². The van der Waals surface area contributed by atoms with Crippen LogP contribution >= 0.6 is 0 Å². The van der Waals surface area contributed by atoms with E-state index in [1.54, 1.807) is 0 Å². The van der Waals surface area contributed by atoms with E-state index in [0.717, 1.165) is 0 Å². The molecule has 0 fully saturated rings. The van der Waals surface area contributed by atoms with Gasteiger partial charge in [0.2, 0.25) is 5.91 Å². The standard InChI is InChI=1S/C18H20N2O/c1-13(10-19)18(21)20-11-14-6-2-4-8-16(14)17-9-5-3-7-15(17)12-20/h2-9,13H,10-12,19H2,1H3. The van der Waals surface area contributed by atoms with Crippen LogP contribution in [0.15, 0.2) is 48.5 Å². The van der Waals surface area contributed by atoms with Crippen molar-refractivity contribution in [3.8, 4) is 11.1 Å². The van der Waals surface area contributed by atoms with Gasteiger partial charge in [0.15, 0.2) is 0 Å². The summed E-state index contributed by atoms with van der Waals surface area (Å²) in [5.41, 5.74) is 10.5. The van der Waals surface area contributed by atoms with Crippen molar-refractivity contribution in [2.24, 2.45) is 11.7 Å². The number of carbonyl (C=O) groups is 1. The number of benzene rings is 2. The molecular formula is C18H20N2O. The summed E-state index contributed by atoms with van der Waals surface area (Å²) in [4.78, 5) is 14.5. The lowest BCUT2D eigenvalue weighted by molar-refractivity contribution is -0.135. The van der Waals surface area contributed by atoms with Crippen LogP contribution in [0.2, 0.25) is 0 Å². The van der Waals surface area contributed by atoms with Gasteiger partial charge < -0.3 is 10.6 Å². The largest absolute Gasteiger partial charge is 0.334 e. The zero-order chi connectivity index (χ0) is 14.8. The van der Waals surface area contributed by atoms with Gasteiger partial charge in [0, 0.05) is 25.6 Å². The molecule has 3 heteroatoms. The first-order chi connectivity index (χ1) is 10.2. The first kappa shape index (κ1) is 13.8. The SMILES string of the molecule is CC(CN)C(=O)N1Cc2ccccc2-c2ccccc2C1. The fourth-order valence-electron chi connectivity index (χ4n) is 2.88. The van der Waals surface area contributed by atoms with Crippen molar-refractivity contribution in [2.45, 2.75) is 20.0 Å². The van der Waals surface area contributed by atoms with Gasteiger partial charge in [-0.05, 0) is 22.3 Å². The Morgan fingerprint density at radius 1 is 1.05 bits per heavy atom. The number of nitrogens with zero attached hydrogens (tertiary/aromatic N) is 1. The van der Waals surface area contributed by atoms with Crippen molar-refractivity contribution in [2.75, 3.05) is 6.54 Å². The fraction of sp³-hybridized carbons (Fsp3) is 0.278. The Morgan fingerprint density at radius 2 is 1.52 bits per heavy atom. The maximum atomic E-state index is 12.5. The van der Waals surface area contributed by atoms with Gasteiger partial charge >= 0.3 is 0 Å². The van der Waals surface area contributed by atoms with Crippen molar-refractivity contribution in [1.29, 1.82) is 0 Å². The summed E-state index contributed by atoms with van der Waals surface area (Å²) in [6, 6.07) is 16.6. The van der Waals surface area contributed by atoms with E-state index >= 15 is 0 Å². The van der Waals surface area contributed by atoms with Gasteiger partial charge in [-0.25, -0.2) is 0 Å². The van der Waals surface area contributed by atoms with Crippen molar-refractivity contribution >= 4 is 5.91 Å². The molecule has 0 saturated heterocycles. The number of fused-ring (bicyclic) bond motifs is 3. The van der Waals surface area contributed by atoms with E-state index in [-0.39, 0.29) is 11.8 Å². The molecule has 21 heavy (non-hydrogen) atoms. The van der Waals surface area contributed by atoms with E-state index in [0.29, 0.717) is 19.6 Å². The van der Waals surface area contributed by atoms with Crippen LogP contribution in [0.5, 0.6) is 0 Å². The molecule has 3 nitrogen and oxygen atoms in total. The quantitative estimate of drug-likeness (QED) is 0.919. The van der Waals surface area contributed by atoms with Crippen LogP contribution in [0.1, 0.15) is 18.1 Å². The third-order valence-electron chi connectivity index (χ3n) is 4.13. The molecule has 2 aromatic rings. The molecule has 2 N–H and O–H groups in total. The van der Waals surface area contributed by atoms with Gasteiger partial charge in [-0.2, -0.15) is 0 Å². The highest BCUT2D eigenvalue weighted by Crippen LogP contribution is 2.32. The number of nitrogens with two attached hydrogens (primary N) is 1. The van der Waals surface area contributed by atoms with Crippen molar-refractivity contribution in [3.05, 3.63) is 59.7 Å².